The predicted molar refractivity (Wildman–Crippen MR) is 62.6 cm³/mol. The average molecular weight is 284 g/mol. The molecule has 0 unspecified atom stereocenters. The second-order valence-electron chi connectivity index (χ2n) is 2.94. The van der Waals surface area contributed by atoms with Crippen LogP contribution in [0.1, 0.15) is 5.56 Å². The van der Waals surface area contributed by atoms with Crippen LogP contribution in [0, 0.1) is 3.57 Å². The van der Waals surface area contributed by atoms with E-state index in [0.29, 0.717) is 0 Å². The highest BCUT2D eigenvalue weighted by atomic mass is 127. The topological polar surface area (TPSA) is 20.2 Å². The summed E-state index contributed by atoms with van der Waals surface area (Å²) in [5.41, 5.74) is 0.996. The second-order valence-corrected chi connectivity index (χ2v) is 4.19. The standard InChI is InChI=1S/C11H9IO/c12-10-5-4-8-2-1-3-9(7-13)11(8)6-10/h1-6,13H,7H2. The van der Waals surface area contributed by atoms with E-state index in [1.165, 1.54) is 8.96 Å². The molecule has 13 heavy (non-hydrogen) atoms. The molecule has 0 amide bonds. The molecule has 0 atom stereocenters. The van der Waals surface area contributed by atoms with Gasteiger partial charge in [-0.2, -0.15) is 0 Å². The summed E-state index contributed by atoms with van der Waals surface area (Å²) in [7, 11) is 0. The zero-order valence-corrected chi connectivity index (χ0v) is 9.15. The van der Waals surface area contributed by atoms with Crippen molar-refractivity contribution in [3.8, 4) is 0 Å². The molecule has 0 aliphatic carbocycles. The van der Waals surface area contributed by atoms with Gasteiger partial charge in [0.05, 0.1) is 6.61 Å². The minimum atomic E-state index is 0.109. The summed E-state index contributed by atoms with van der Waals surface area (Å²) in [6.07, 6.45) is 0. The minimum Gasteiger partial charge on any atom is -0.392 e. The van der Waals surface area contributed by atoms with Crippen molar-refractivity contribution in [3.63, 3.8) is 0 Å². The van der Waals surface area contributed by atoms with Gasteiger partial charge in [-0.3, -0.25) is 0 Å². The van der Waals surface area contributed by atoms with Crippen LogP contribution in [0.25, 0.3) is 10.8 Å². The van der Waals surface area contributed by atoms with E-state index in [2.05, 4.69) is 46.9 Å². The Bertz CT molecular complexity index is 437. The van der Waals surface area contributed by atoms with Crippen molar-refractivity contribution < 1.29 is 5.11 Å². The van der Waals surface area contributed by atoms with Gasteiger partial charge in [-0.1, -0.05) is 24.3 Å². The van der Waals surface area contributed by atoms with Crippen molar-refractivity contribution in [2.24, 2.45) is 0 Å². The molecule has 66 valence electrons. The Kier molecular flexibility index (Phi) is 2.51. The molecule has 0 radical (unpaired) electrons. The summed E-state index contributed by atoms with van der Waals surface area (Å²) in [6, 6.07) is 12.2. The lowest BCUT2D eigenvalue weighted by atomic mass is 10.1. The maximum atomic E-state index is 9.12. The predicted octanol–water partition coefficient (Wildman–Crippen LogP) is 2.94. The van der Waals surface area contributed by atoms with Crippen LogP contribution < -0.4 is 0 Å². The van der Waals surface area contributed by atoms with Crippen molar-refractivity contribution in [3.05, 3.63) is 45.5 Å². The van der Waals surface area contributed by atoms with Gasteiger partial charge in [-0.15, -0.1) is 0 Å². The molecule has 0 saturated heterocycles. The average Bonchev–Trinajstić information content (AvgIpc) is 2.17. The third-order valence-electron chi connectivity index (χ3n) is 2.10. The molecule has 1 N–H and O–H groups in total. The first-order valence-electron chi connectivity index (χ1n) is 4.09. The number of fused-ring (bicyclic) bond motifs is 1. The number of rotatable bonds is 1. The molecule has 0 aliphatic heterocycles. The van der Waals surface area contributed by atoms with E-state index in [0.717, 1.165) is 10.9 Å². The fourth-order valence-corrected chi connectivity index (χ4v) is 1.94. The normalized spacial score (nSPS) is 10.6. The maximum absolute atomic E-state index is 9.12. The van der Waals surface area contributed by atoms with Gasteiger partial charge in [-0.25, -0.2) is 0 Å². The lowest BCUT2D eigenvalue weighted by Gasteiger charge is -2.03. The molecule has 0 heterocycles. The van der Waals surface area contributed by atoms with Crippen molar-refractivity contribution in [2.45, 2.75) is 6.61 Å². The van der Waals surface area contributed by atoms with Crippen LogP contribution in [0.2, 0.25) is 0 Å². The van der Waals surface area contributed by atoms with Crippen LogP contribution >= 0.6 is 22.6 Å². The highest BCUT2D eigenvalue weighted by Gasteiger charge is 1.99. The summed E-state index contributed by atoms with van der Waals surface area (Å²) < 4.78 is 1.20. The minimum absolute atomic E-state index is 0.109. The zero-order chi connectivity index (χ0) is 9.26. The fourth-order valence-electron chi connectivity index (χ4n) is 1.45. The first-order chi connectivity index (χ1) is 6.31. The van der Waals surface area contributed by atoms with Gasteiger partial charge in [-0.05, 0) is 51.1 Å². The molecule has 2 heteroatoms. The Morgan fingerprint density at radius 3 is 2.77 bits per heavy atom. The fraction of sp³-hybridized carbons (Fsp3) is 0.0909. The molecule has 0 saturated carbocycles. The zero-order valence-electron chi connectivity index (χ0n) is 7.00. The van der Waals surface area contributed by atoms with E-state index >= 15 is 0 Å². The largest absolute Gasteiger partial charge is 0.392 e. The van der Waals surface area contributed by atoms with Crippen LogP contribution in [-0.4, -0.2) is 5.11 Å². The first kappa shape index (κ1) is 8.97. The first-order valence-corrected chi connectivity index (χ1v) is 5.17. The molecule has 0 bridgehead atoms. The van der Waals surface area contributed by atoms with Gasteiger partial charge in [0.25, 0.3) is 0 Å². The lowest BCUT2D eigenvalue weighted by Crippen LogP contribution is -1.85. The Labute approximate surface area is 90.5 Å². The van der Waals surface area contributed by atoms with E-state index in [-0.39, 0.29) is 6.61 Å². The van der Waals surface area contributed by atoms with Crippen molar-refractivity contribution in [1.29, 1.82) is 0 Å². The van der Waals surface area contributed by atoms with E-state index < -0.39 is 0 Å². The molecular weight excluding hydrogens is 275 g/mol. The van der Waals surface area contributed by atoms with Gasteiger partial charge in [0, 0.05) is 3.57 Å². The number of halogens is 1. The van der Waals surface area contributed by atoms with Gasteiger partial charge >= 0.3 is 0 Å². The molecule has 2 aromatic rings. The maximum Gasteiger partial charge on any atom is 0.0687 e. The number of hydrogen-bond donors (Lipinski definition) is 1. The third kappa shape index (κ3) is 1.69. The quantitative estimate of drug-likeness (QED) is 0.798. The highest BCUT2D eigenvalue weighted by molar-refractivity contribution is 14.1. The Morgan fingerprint density at radius 1 is 1.15 bits per heavy atom. The van der Waals surface area contributed by atoms with Gasteiger partial charge in [0.15, 0.2) is 0 Å². The summed E-state index contributed by atoms with van der Waals surface area (Å²) >= 11 is 2.28. The van der Waals surface area contributed by atoms with Crippen molar-refractivity contribution in [1.82, 2.24) is 0 Å². The Hall–Kier alpha value is -0.610. The number of aliphatic hydroxyl groups excluding tert-OH is 1. The number of benzene rings is 2. The van der Waals surface area contributed by atoms with Crippen molar-refractivity contribution >= 4 is 33.4 Å². The smallest absolute Gasteiger partial charge is 0.0687 e. The molecule has 0 fully saturated rings. The van der Waals surface area contributed by atoms with E-state index in [9.17, 15) is 0 Å². The lowest BCUT2D eigenvalue weighted by molar-refractivity contribution is 0.283. The summed E-state index contributed by atoms with van der Waals surface area (Å²) in [5, 5.41) is 11.5. The molecule has 1 nitrogen and oxygen atoms in total. The second kappa shape index (κ2) is 3.64. The van der Waals surface area contributed by atoms with Crippen LogP contribution in [0.4, 0.5) is 0 Å². The van der Waals surface area contributed by atoms with E-state index in [1.54, 1.807) is 0 Å². The number of hydrogen-bond acceptors (Lipinski definition) is 1. The summed E-state index contributed by atoms with van der Waals surface area (Å²) in [5.74, 6) is 0. The Morgan fingerprint density at radius 2 is 2.00 bits per heavy atom. The molecule has 0 aromatic heterocycles. The molecule has 0 spiro atoms. The van der Waals surface area contributed by atoms with Crippen LogP contribution in [-0.2, 0) is 6.61 Å². The van der Waals surface area contributed by atoms with Gasteiger partial charge in [0.2, 0.25) is 0 Å². The molecule has 0 aliphatic rings. The molecular formula is C11H9IO. The molecule has 2 rings (SSSR count). The van der Waals surface area contributed by atoms with Crippen LogP contribution in [0.3, 0.4) is 0 Å². The van der Waals surface area contributed by atoms with E-state index in [1.807, 2.05) is 12.1 Å². The van der Waals surface area contributed by atoms with Crippen LogP contribution in [0.5, 0.6) is 0 Å². The van der Waals surface area contributed by atoms with Gasteiger partial charge < -0.3 is 5.11 Å². The SMILES string of the molecule is OCc1cccc2ccc(I)cc12. The van der Waals surface area contributed by atoms with Gasteiger partial charge in [0.1, 0.15) is 0 Å². The highest BCUT2D eigenvalue weighted by Crippen LogP contribution is 2.21. The van der Waals surface area contributed by atoms with Crippen LogP contribution in [0.15, 0.2) is 36.4 Å². The number of aliphatic hydroxyl groups is 1. The Balaban J connectivity index is 2.79. The molecule has 2 aromatic carbocycles. The summed E-state index contributed by atoms with van der Waals surface area (Å²) in [4.78, 5) is 0. The summed E-state index contributed by atoms with van der Waals surface area (Å²) in [6.45, 7) is 0.109. The van der Waals surface area contributed by atoms with E-state index in [4.69, 9.17) is 5.11 Å². The third-order valence-corrected chi connectivity index (χ3v) is 2.78. The van der Waals surface area contributed by atoms with Crippen molar-refractivity contribution in [2.75, 3.05) is 0 Å². The monoisotopic (exact) mass is 284 g/mol.